The van der Waals surface area contributed by atoms with E-state index in [1.54, 1.807) is 0 Å². The molecule has 1 amide bonds. The maximum atomic E-state index is 14.3. The van der Waals surface area contributed by atoms with Gasteiger partial charge in [0.05, 0.1) is 6.54 Å². The summed E-state index contributed by atoms with van der Waals surface area (Å²) in [5, 5.41) is 13.1. The number of aromatic nitrogens is 4. The third-order valence-corrected chi connectivity index (χ3v) is 4.54. The molecule has 0 spiro atoms. The number of rotatable bonds is 4. The third-order valence-electron chi connectivity index (χ3n) is 4.54. The molecule has 1 aliphatic carbocycles. The maximum absolute atomic E-state index is 14.3. The van der Waals surface area contributed by atoms with Crippen LogP contribution in [0.2, 0.25) is 0 Å². The van der Waals surface area contributed by atoms with Crippen LogP contribution in [0.15, 0.2) is 12.2 Å². The van der Waals surface area contributed by atoms with E-state index in [-0.39, 0.29) is 30.5 Å². The quantitative estimate of drug-likeness (QED) is 0.857. The van der Waals surface area contributed by atoms with Crippen LogP contribution in [0.3, 0.4) is 0 Å². The zero-order valence-electron chi connectivity index (χ0n) is 12.3. The van der Waals surface area contributed by atoms with Gasteiger partial charge in [-0.1, -0.05) is 17.4 Å². The van der Waals surface area contributed by atoms with Crippen molar-refractivity contribution in [2.24, 2.45) is 11.8 Å². The summed E-state index contributed by atoms with van der Waals surface area (Å²) < 4.78 is 28.5. The Balaban J connectivity index is 1.55. The number of allylic oxidation sites excluding steroid dienone is 1. The number of hydrogen-bond donors (Lipinski definition) is 1. The van der Waals surface area contributed by atoms with Gasteiger partial charge < -0.3 is 4.90 Å². The Morgan fingerprint density at radius 1 is 1.45 bits per heavy atom. The SMILES string of the molecule is C=C1CC(CC(=O)N2CCC(Cc3nn[nH]n3)C(F)(F)C2)C1. The predicted octanol–water partition coefficient (Wildman–Crippen LogP) is 1.58. The lowest BCUT2D eigenvalue weighted by atomic mass is 9.78. The summed E-state index contributed by atoms with van der Waals surface area (Å²) >= 11 is 0. The van der Waals surface area contributed by atoms with Crippen LogP contribution in [-0.2, 0) is 11.2 Å². The molecule has 0 bridgehead atoms. The number of carbonyl (C=O) groups excluding carboxylic acids is 1. The zero-order valence-corrected chi connectivity index (χ0v) is 12.3. The first-order valence-electron chi connectivity index (χ1n) is 7.48. The van der Waals surface area contributed by atoms with E-state index in [9.17, 15) is 13.6 Å². The van der Waals surface area contributed by atoms with Crippen LogP contribution in [-0.4, -0.2) is 50.4 Å². The molecule has 0 radical (unpaired) electrons. The number of aromatic amines is 1. The highest BCUT2D eigenvalue weighted by atomic mass is 19.3. The minimum atomic E-state index is -2.92. The summed E-state index contributed by atoms with van der Waals surface area (Å²) in [7, 11) is 0. The Bertz CT molecular complexity index is 552. The van der Waals surface area contributed by atoms with Crippen molar-refractivity contribution in [1.29, 1.82) is 0 Å². The lowest BCUT2D eigenvalue weighted by molar-refractivity contribution is -0.151. The minimum Gasteiger partial charge on any atom is -0.337 e. The van der Waals surface area contributed by atoms with Gasteiger partial charge in [-0.15, -0.1) is 10.2 Å². The number of amides is 1. The molecule has 1 saturated carbocycles. The summed E-state index contributed by atoms with van der Waals surface area (Å²) in [5.74, 6) is -3.37. The van der Waals surface area contributed by atoms with Gasteiger partial charge in [0.15, 0.2) is 5.82 Å². The van der Waals surface area contributed by atoms with E-state index in [0.717, 1.165) is 18.4 Å². The number of tetrazole rings is 1. The number of hydrogen-bond acceptors (Lipinski definition) is 4. The molecule has 1 N–H and O–H groups in total. The van der Waals surface area contributed by atoms with Gasteiger partial charge in [0.1, 0.15) is 0 Å². The molecule has 8 heteroatoms. The van der Waals surface area contributed by atoms with Crippen molar-refractivity contribution >= 4 is 5.91 Å². The number of halogens is 2. The maximum Gasteiger partial charge on any atom is 0.268 e. The Kier molecular flexibility index (Phi) is 3.92. The molecule has 1 aliphatic heterocycles. The van der Waals surface area contributed by atoms with Crippen molar-refractivity contribution in [2.75, 3.05) is 13.1 Å². The topological polar surface area (TPSA) is 74.8 Å². The molecule has 120 valence electrons. The summed E-state index contributed by atoms with van der Waals surface area (Å²) in [4.78, 5) is 13.4. The van der Waals surface area contributed by atoms with Gasteiger partial charge in [-0.3, -0.25) is 4.79 Å². The Morgan fingerprint density at radius 2 is 2.23 bits per heavy atom. The van der Waals surface area contributed by atoms with Crippen LogP contribution in [0.1, 0.15) is 31.5 Å². The monoisotopic (exact) mass is 311 g/mol. The number of H-pyrrole nitrogens is 1. The second-order valence-electron chi connectivity index (χ2n) is 6.32. The fourth-order valence-electron chi connectivity index (χ4n) is 3.22. The lowest BCUT2D eigenvalue weighted by Gasteiger charge is -2.39. The summed E-state index contributed by atoms with van der Waals surface area (Å²) in [6, 6.07) is 0. The van der Waals surface area contributed by atoms with E-state index in [1.165, 1.54) is 4.90 Å². The van der Waals surface area contributed by atoms with Crippen molar-refractivity contribution in [3.63, 3.8) is 0 Å². The number of likely N-dealkylation sites (tertiary alicyclic amines) is 1. The number of nitrogens with zero attached hydrogens (tertiary/aromatic N) is 4. The molecule has 1 aromatic heterocycles. The van der Waals surface area contributed by atoms with E-state index in [0.29, 0.717) is 13.0 Å². The second kappa shape index (κ2) is 5.73. The number of nitrogens with one attached hydrogen (secondary N) is 1. The van der Waals surface area contributed by atoms with E-state index in [4.69, 9.17) is 0 Å². The van der Waals surface area contributed by atoms with Gasteiger partial charge in [0, 0.05) is 25.3 Å². The number of piperidine rings is 1. The minimum absolute atomic E-state index is 0.0774. The van der Waals surface area contributed by atoms with Crippen LogP contribution in [0.4, 0.5) is 8.78 Å². The first kappa shape index (κ1) is 15.1. The van der Waals surface area contributed by atoms with Crippen molar-refractivity contribution in [3.05, 3.63) is 18.0 Å². The van der Waals surface area contributed by atoms with Crippen LogP contribution in [0.5, 0.6) is 0 Å². The standard InChI is InChI=1S/C14H19F2N5O/c1-9-4-10(5-9)6-13(22)21-3-2-11(14(15,16)8-21)7-12-17-19-20-18-12/h10-11H,1-8H2,(H,17,18,19,20). The average molecular weight is 311 g/mol. The highest BCUT2D eigenvalue weighted by molar-refractivity contribution is 5.77. The van der Waals surface area contributed by atoms with Crippen LogP contribution < -0.4 is 0 Å². The van der Waals surface area contributed by atoms with Crippen LogP contribution >= 0.6 is 0 Å². The summed E-state index contributed by atoms with van der Waals surface area (Å²) in [6.45, 7) is 3.69. The molecular weight excluding hydrogens is 292 g/mol. The molecular formula is C14H19F2N5O. The van der Waals surface area contributed by atoms with Crippen molar-refractivity contribution < 1.29 is 13.6 Å². The Hall–Kier alpha value is -1.86. The molecule has 2 heterocycles. The molecule has 1 aromatic rings. The van der Waals surface area contributed by atoms with Crippen molar-refractivity contribution in [1.82, 2.24) is 25.5 Å². The Labute approximate surface area is 127 Å². The average Bonchev–Trinajstić information content (AvgIpc) is 2.92. The summed E-state index contributed by atoms with van der Waals surface area (Å²) in [6.07, 6.45) is 2.37. The molecule has 3 rings (SSSR count). The van der Waals surface area contributed by atoms with Gasteiger partial charge in [-0.05, 0) is 25.2 Å². The zero-order chi connectivity index (χ0) is 15.7. The van der Waals surface area contributed by atoms with Crippen LogP contribution in [0, 0.1) is 11.8 Å². The molecule has 2 fully saturated rings. The fraction of sp³-hybridized carbons (Fsp3) is 0.714. The first-order valence-corrected chi connectivity index (χ1v) is 7.48. The van der Waals surface area contributed by atoms with Gasteiger partial charge in [0.2, 0.25) is 5.91 Å². The molecule has 6 nitrogen and oxygen atoms in total. The van der Waals surface area contributed by atoms with Gasteiger partial charge in [0.25, 0.3) is 5.92 Å². The molecule has 1 saturated heterocycles. The lowest BCUT2D eigenvalue weighted by Crippen LogP contribution is -2.51. The van der Waals surface area contributed by atoms with Gasteiger partial charge in [-0.2, -0.15) is 5.21 Å². The first-order chi connectivity index (χ1) is 10.4. The Morgan fingerprint density at radius 3 is 2.82 bits per heavy atom. The molecule has 0 aromatic carbocycles. The number of carbonyl (C=O) groups is 1. The van der Waals surface area contributed by atoms with E-state index in [2.05, 4.69) is 27.2 Å². The predicted molar refractivity (Wildman–Crippen MR) is 74.0 cm³/mol. The van der Waals surface area contributed by atoms with Gasteiger partial charge >= 0.3 is 0 Å². The smallest absolute Gasteiger partial charge is 0.268 e. The molecule has 1 unspecified atom stereocenters. The molecule has 22 heavy (non-hydrogen) atoms. The molecule has 1 atom stereocenters. The van der Waals surface area contributed by atoms with Crippen LogP contribution in [0.25, 0.3) is 0 Å². The highest BCUT2D eigenvalue weighted by Crippen LogP contribution is 2.37. The second-order valence-corrected chi connectivity index (χ2v) is 6.32. The van der Waals surface area contributed by atoms with E-state index >= 15 is 0 Å². The normalized spacial score (nSPS) is 25.1. The summed E-state index contributed by atoms with van der Waals surface area (Å²) in [5.41, 5.74) is 1.14. The fourth-order valence-corrected chi connectivity index (χ4v) is 3.22. The van der Waals surface area contributed by atoms with E-state index < -0.39 is 18.4 Å². The van der Waals surface area contributed by atoms with Crippen molar-refractivity contribution in [3.8, 4) is 0 Å². The molecule has 2 aliphatic rings. The largest absolute Gasteiger partial charge is 0.337 e. The third kappa shape index (κ3) is 3.15. The van der Waals surface area contributed by atoms with Crippen molar-refractivity contribution in [2.45, 2.75) is 38.0 Å². The van der Waals surface area contributed by atoms with E-state index in [1.807, 2.05) is 0 Å². The highest BCUT2D eigenvalue weighted by Gasteiger charge is 2.46. The van der Waals surface area contributed by atoms with Gasteiger partial charge in [-0.25, -0.2) is 8.78 Å². The number of alkyl halides is 2.